The smallest absolute Gasteiger partial charge is 0.240 e. The Hall–Kier alpha value is -1.23. The first-order valence-electron chi connectivity index (χ1n) is 2.66. The summed E-state index contributed by atoms with van der Waals surface area (Å²) >= 11 is 4.88. The van der Waals surface area contributed by atoms with Gasteiger partial charge in [0.2, 0.25) is 5.71 Å². The van der Waals surface area contributed by atoms with Crippen LogP contribution in [0, 0.1) is 4.64 Å². The lowest BCUT2D eigenvalue weighted by atomic mass is 10.5. The normalized spacial score (nSPS) is 10.4. The minimum absolute atomic E-state index is 0.509. The molecule has 0 radical (unpaired) electrons. The van der Waals surface area contributed by atoms with E-state index in [1.54, 1.807) is 6.20 Å². The number of hydrogen-bond donors (Lipinski definition) is 1. The molecule has 0 aliphatic rings. The van der Waals surface area contributed by atoms with E-state index >= 15 is 0 Å². The summed E-state index contributed by atoms with van der Waals surface area (Å²) in [5, 5.41) is 4.30. The van der Waals surface area contributed by atoms with Gasteiger partial charge in [-0.1, -0.05) is 17.4 Å². The van der Waals surface area contributed by atoms with E-state index < -0.39 is 0 Å². The highest BCUT2D eigenvalue weighted by Gasteiger charge is 1.97. The maximum absolute atomic E-state index is 4.88. The van der Waals surface area contributed by atoms with Gasteiger partial charge in [0.1, 0.15) is 4.64 Å². The van der Waals surface area contributed by atoms with Crippen molar-refractivity contribution in [2.75, 3.05) is 0 Å². The third-order valence-electron chi connectivity index (χ3n) is 1.18. The highest BCUT2D eigenvalue weighted by Crippen LogP contribution is 2.07. The fraction of sp³-hybridized carbons (Fsp3) is 0. The Morgan fingerprint density at radius 2 is 2.50 bits per heavy atom. The van der Waals surface area contributed by atoms with E-state index in [9.17, 15) is 0 Å². The van der Waals surface area contributed by atoms with E-state index in [2.05, 4.69) is 15.1 Å². The molecule has 0 saturated carbocycles. The molecule has 0 aromatic carbocycles. The first-order valence-corrected chi connectivity index (χ1v) is 3.07. The lowest BCUT2D eigenvalue weighted by Crippen LogP contribution is -1.76. The first kappa shape index (κ1) is 5.55. The van der Waals surface area contributed by atoms with E-state index in [1.807, 2.05) is 0 Å². The Bertz CT molecular complexity index is 404. The summed E-state index contributed by atoms with van der Waals surface area (Å²) in [4.78, 5) is 6.60. The molecule has 5 heteroatoms. The zero-order valence-corrected chi connectivity index (χ0v) is 5.68. The van der Waals surface area contributed by atoms with Crippen molar-refractivity contribution in [2.24, 2.45) is 0 Å². The summed E-state index contributed by atoms with van der Waals surface area (Å²) in [5.74, 6) is 0. The van der Waals surface area contributed by atoms with Crippen molar-refractivity contribution in [1.82, 2.24) is 15.1 Å². The van der Waals surface area contributed by atoms with Crippen molar-refractivity contribution in [3.8, 4) is 0 Å². The van der Waals surface area contributed by atoms with Gasteiger partial charge in [0.05, 0.1) is 17.9 Å². The molecular formula is C5H3N3OS. The van der Waals surface area contributed by atoms with Gasteiger partial charge in [-0.3, -0.25) is 0 Å². The Balaban J connectivity index is 3.09. The van der Waals surface area contributed by atoms with Gasteiger partial charge in [-0.05, 0) is 0 Å². The zero-order valence-electron chi connectivity index (χ0n) is 4.87. The number of nitrogens with zero attached hydrogens (tertiary/aromatic N) is 2. The molecule has 0 bridgehead atoms. The molecule has 2 rings (SSSR count). The number of fused-ring (bicyclic) bond motifs is 1. The summed E-state index contributed by atoms with van der Waals surface area (Å²) in [7, 11) is 0. The molecule has 0 unspecified atom stereocenters. The molecule has 0 spiro atoms. The van der Waals surface area contributed by atoms with Crippen LogP contribution in [0.1, 0.15) is 0 Å². The molecule has 0 atom stereocenters. The monoisotopic (exact) mass is 153 g/mol. The largest absolute Gasteiger partial charge is 0.338 e. The lowest BCUT2D eigenvalue weighted by molar-refractivity contribution is 0.448. The van der Waals surface area contributed by atoms with Crippen LogP contribution >= 0.6 is 12.2 Å². The third-order valence-corrected chi connectivity index (χ3v) is 1.50. The van der Waals surface area contributed by atoms with E-state index in [1.165, 1.54) is 6.33 Å². The molecule has 2 aromatic heterocycles. The van der Waals surface area contributed by atoms with Crippen molar-refractivity contribution in [1.29, 1.82) is 0 Å². The van der Waals surface area contributed by atoms with Crippen LogP contribution in [-0.2, 0) is 0 Å². The van der Waals surface area contributed by atoms with Gasteiger partial charge in [0, 0.05) is 0 Å². The number of rotatable bonds is 0. The number of aromatic amines is 1. The third kappa shape index (κ3) is 0.640. The molecule has 50 valence electrons. The summed E-state index contributed by atoms with van der Waals surface area (Å²) < 4.78 is 5.30. The molecule has 0 amide bonds. The molecule has 1 N–H and O–H groups in total. The van der Waals surface area contributed by atoms with E-state index in [0.717, 1.165) is 5.39 Å². The molecule has 2 heterocycles. The predicted molar refractivity (Wildman–Crippen MR) is 37.0 cm³/mol. The SMILES string of the molecule is S=c1nc[nH]c2oncc12. The van der Waals surface area contributed by atoms with Crippen LogP contribution in [0.15, 0.2) is 17.0 Å². The Morgan fingerprint density at radius 1 is 1.60 bits per heavy atom. The van der Waals surface area contributed by atoms with Crippen molar-refractivity contribution in [2.45, 2.75) is 0 Å². The van der Waals surface area contributed by atoms with Crippen LogP contribution in [0.25, 0.3) is 11.1 Å². The average Bonchev–Trinajstić information content (AvgIpc) is 2.36. The lowest BCUT2D eigenvalue weighted by Gasteiger charge is -1.82. The maximum atomic E-state index is 4.88. The van der Waals surface area contributed by atoms with Crippen molar-refractivity contribution < 1.29 is 4.52 Å². The van der Waals surface area contributed by atoms with Crippen LogP contribution < -0.4 is 0 Å². The summed E-state index contributed by atoms with van der Waals surface area (Å²) in [6.07, 6.45) is 3.02. The second-order valence-corrected chi connectivity index (χ2v) is 2.16. The minimum atomic E-state index is 0.509. The topological polar surface area (TPSA) is 54.7 Å². The predicted octanol–water partition coefficient (Wildman–Crippen LogP) is 1.28. The molecule has 0 fully saturated rings. The van der Waals surface area contributed by atoms with Crippen molar-refractivity contribution in [3.05, 3.63) is 17.2 Å². The molecule has 0 saturated heterocycles. The van der Waals surface area contributed by atoms with Crippen LogP contribution in [-0.4, -0.2) is 15.1 Å². The van der Waals surface area contributed by atoms with E-state index in [4.69, 9.17) is 16.7 Å². The second-order valence-electron chi connectivity index (χ2n) is 1.78. The summed E-state index contributed by atoms with van der Waals surface area (Å²) in [6.45, 7) is 0. The van der Waals surface area contributed by atoms with Crippen LogP contribution in [0.5, 0.6) is 0 Å². The summed E-state index contributed by atoms with van der Waals surface area (Å²) in [5.41, 5.74) is 0.569. The fourth-order valence-corrected chi connectivity index (χ4v) is 0.913. The molecule has 4 nitrogen and oxygen atoms in total. The standard InChI is InChI=1S/C5H3N3OS/c10-5-3-1-8-9-4(3)6-2-7-5/h1-2H,(H,6,7,10). The minimum Gasteiger partial charge on any atom is -0.338 e. The number of aromatic nitrogens is 3. The quantitative estimate of drug-likeness (QED) is 0.579. The second kappa shape index (κ2) is 1.88. The molecular weight excluding hydrogens is 150 g/mol. The molecule has 0 aliphatic carbocycles. The highest BCUT2D eigenvalue weighted by molar-refractivity contribution is 7.71. The Labute approximate surface area is 60.9 Å². The number of hydrogen-bond acceptors (Lipinski definition) is 4. The first-order chi connectivity index (χ1) is 4.88. The number of H-pyrrole nitrogens is 1. The van der Waals surface area contributed by atoms with E-state index in [-0.39, 0.29) is 0 Å². The van der Waals surface area contributed by atoms with Gasteiger partial charge >= 0.3 is 0 Å². The van der Waals surface area contributed by atoms with Crippen molar-refractivity contribution >= 4 is 23.3 Å². The maximum Gasteiger partial charge on any atom is 0.240 e. The molecule has 2 aromatic rings. The van der Waals surface area contributed by atoms with Crippen LogP contribution in [0.4, 0.5) is 0 Å². The van der Waals surface area contributed by atoms with Gasteiger partial charge < -0.3 is 9.51 Å². The van der Waals surface area contributed by atoms with Gasteiger partial charge in [-0.25, -0.2) is 4.98 Å². The number of nitrogens with one attached hydrogen (secondary N) is 1. The van der Waals surface area contributed by atoms with Gasteiger partial charge in [0.15, 0.2) is 0 Å². The fourth-order valence-electron chi connectivity index (χ4n) is 0.715. The van der Waals surface area contributed by atoms with Crippen LogP contribution in [0.3, 0.4) is 0 Å². The average molecular weight is 153 g/mol. The van der Waals surface area contributed by atoms with Gasteiger partial charge in [-0.15, -0.1) is 0 Å². The van der Waals surface area contributed by atoms with Gasteiger partial charge in [-0.2, -0.15) is 0 Å². The van der Waals surface area contributed by atoms with E-state index in [0.29, 0.717) is 10.4 Å². The van der Waals surface area contributed by atoms with Crippen LogP contribution in [0.2, 0.25) is 0 Å². The Kier molecular flexibility index (Phi) is 1.04. The molecule has 10 heavy (non-hydrogen) atoms. The highest BCUT2D eigenvalue weighted by atomic mass is 32.1. The summed E-state index contributed by atoms with van der Waals surface area (Å²) in [6, 6.07) is 0. The van der Waals surface area contributed by atoms with Crippen molar-refractivity contribution in [3.63, 3.8) is 0 Å². The zero-order chi connectivity index (χ0) is 6.97. The Morgan fingerprint density at radius 3 is 3.30 bits per heavy atom. The molecule has 0 aliphatic heterocycles. The van der Waals surface area contributed by atoms with Gasteiger partial charge in [0.25, 0.3) is 0 Å².